The molecular formula is C15H19N5O3. The summed E-state index contributed by atoms with van der Waals surface area (Å²) in [5.41, 5.74) is 10.7. The van der Waals surface area contributed by atoms with Crippen molar-refractivity contribution < 1.29 is 19.2 Å². The van der Waals surface area contributed by atoms with Crippen LogP contribution in [0.4, 0.5) is 0 Å². The molecule has 1 rings (SSSR count). The highest BCUT2D eigenvalue weighted by molar-refractivity contribution is 6.28. The molecule has 2 atom stereocenters. The summed E-state index contributed by atoms with van der Waals surface area (Å²) in [7, 11) is 0. The average Bonchev–Trinajstić information content (AvgIpc) is 2.58. The lowest BCUT2D eigenvalue weighted by atomic mass is 9.95. The largest absolute Gasteiger partial charge is 0.361 e. The molecule has 8 heteroatoms. The maximum Gasteiger partial charge on any atom is 0.325 e. The van der Waals surface area contributed by atoms with Crippen molar-refractivity contribution >= 4 is 23.8 Å². The third kappa shape index (κ3) is 4.57. The van der Waals surface area contributed by atoms with E-state index in [9.17, 15) is 14.4 Å². The van der Waals surface area contributed by atoms with Gasteiger partial charge in [-0.15, -0.1) is 0 Å². The van der Waals surface area contributed by atoms with Crippen LogP contribution in [0.2, 0.25) is 0 Å². The Hall–Kier alpha value is -2.83. The van der Waals surface area contributed by atoms with Gasteiger partial charge in [-0.25, -0.2) is 5.84 Å². The maximum atomic E-state index is 12.4. The van der Waals surface area contributed by atoms with Gasteiger partial charge >= 0.3 is 6.21 Å². The number of ketones is 1. The summed E-state index contributed by atoms with van der Waals surface area (Å²) < 4.78 is 0. The second-order valence-electron chi connectivity index (χ2n) is 5.00. The number of rotatable bonds is 7. The van der Waals surface area contributed by atoms with E-state index in [1.807, 2.05) is 12.3 Å². The number of hydrogen-bond acceptors (Lipinski definition) is 4. The molecule has 0 fully saturated rings. The molecule has 122 valence electrons. The molecule has 0 radical (unpaired) electrons. The van der Waals surface area contributed by atoms with E-state index in [0.29, 0.717) is 6.42 Å². The van der Waals surface area contributed by atoms with Gasteiger partial charge in [0.15, 0.2) is 0 Å². The summed E-state index contributed by atoms with van der Waals surface area (Å²) in [6.07, 6.45) is 1.37. The van der Waals surface area contributed by atoms with Crippen molar-refractivity contribution in [3.05, 3.63) is 40.9 Å². The third-order valence-corrected chi connectivity index (χ3v) is 3.54. The lowest BCUT2D eigenvalue weighted by Gasteiger charge is -2.21. The first-order valence-corrected chi connectivity index (χ1v) is 7.08. The summed E-state index contributed by atoms with van der Waals surface area (Å²) >= 11 is 0. The van der Waals surface area contributed by atoms with Crippen molar-refractivity contribution in [2.24, 2.45) is 11.8 Å². The quantitative estimate of drug-likeness (QED) is 0.166. The molecule has 0 unspecified atom stereocenters. The van der Waals surface area contributed by atoms with Crippen LogP contribution in [-0.4, -0.2) is 34.6 Å². The van der Waals surface area contributed by atoms with Gasteiger partial charge in [0.2, 0.25) is 0 Å². The molecule has 0 spiro atoms. The number of Topliss-reactive ketones (excluding diaryl/α,β-unsaturated/α-hetero) is 1. The van der Waals surface area contributed by atoms with E-state index in [2.05, 4.69) is 10.1 Å². The van der Waals surface area contributed by atoms with Crippen molar-refractivity contribution in [1.82, 2.24) is 10.7 Å². The Morgan fingerprint density at radius 3 is 2.30 bits per heavy atom. The predicted octanol–water partition coefficient (Wildman–Crippen LogP) is 0.304. The molecule has 0 bridgehead atoms. The topological polar surface area (TPSA) is 138 Å². The predicted molar refractivity (Wildman–Crippen MR) is 83.5 cm³/mol. The van der Waals surface area contributed by atoms with Crippen molar-refractivity contribution in [3.63, 3.8) is 0 Å². The number of nitrogen functional groups attached to an aromatic ring is 1. The Labute approximate surface area is 133 Å². The molecule has 0 aromatic heterocycles. The zero-order valence-corrected chi connectivity index (χ0v) is 12.9. The van der Waals surface area contributed by atoms with Crippen LogP contribution in [0.1, 0.15) is 41.0 Å². The Morgan fingerprint density at radius 1 is 1.26 bits per heavy atom. The lowest BCUT2D eigenvalue weighted by molar-refractivity contribution is -0.118. The van der Waals surface area contributed by atoms with E-state index in [4.69, 9.17) is 11.4 Å². The molecular weight excluding hydrogens is 298 g/mol. The summed E-state index contributed by atoms with van der Waals surface area (Å²) in [6, 6.07) is 5.23. The number of nitrogens with two attached hydrogens (primary N) is 1. The monoisotopic (exact) mass is 317 g/mol. The zero-order chi connectivity index (χ0) is 17.4. The number of carbonyl (C=O) groups is 3. The molecule has 0 aliphatic rings. The fraction of sp³-hybridized carbons (Fsp3) is 0.333. The zero-order valence-electron chi connectivity index (χ0n) is 12.9. The number of hydrogen-bond donors (Lipinski definition) is 3. The van der Waals surface area contributed by atoms with Crippen LogP contribution in [0.25, 0.3) is 5.53 Å². The van der Waals surface area contributed by atoms with E-state index in [1.165, 1.54) is 12.1 Å². The average molecular weight is 317 g/mol. The summed E-state index contributed by atoms with van der Waals surface area (Å²) in [5.74, 6) is 3.19. The lowest BCUT2D eigenvalue weighted by Crippen LogP contribution is -2.46. The number of nitrogens with one attached hydrogen (secondary N) is 2. The Morgan fingerprint density at radius 2 is 1.83 bits per heavy atom. The first kappa shape index (κ1) is 18.2. The van der Waals surface area contributed by atoms with Crippen LogP contribution in [0.5, 0.6) is 0 Å². The fourth-order valence-corrected chi connectivity index (χ4v) is 2.04. The van der Waals surface area contributed by atoms with E-state index in [-0.39, 0.29) is 17.0 Å². The third-order valence-electron chi connectivity index (χ3n) is 3.54. The molecule has 0 saturated heterocycles. The van der Waals surface area contributed by atoms with Crippen molar-refractivity contribution in [2.45, 2.75) is 26.3 Å². The molecule has 1 aromatic rings. The van der Waals surface area contributed by atoms with Crippen LogP contribution < -0.4 is 16.6 Å². The first-order valence-electron chi connectivity index (χ1n) is 7.08. The van der Waals surface area contributed by atoms with E-state index >= 15 is 0 Å². The number of benzene rings is 1. The Kier molecular flexibility index (Phi) is 6.79. The van der Waals surface area contributed by atoms with Gasteiger partial charge in [-0.3, -0.25) is 19.8 Å². The molecule has 0 heterocycles. The Balaban J connectivity index is 3.11. The summed E-state index contributed by atoms with van der Waals surface area (Å²) in [6.45, 7) is 3.65. The van der Waals surface area contributed by atoms with E-state index < -0.39 is 23.6 Å². The van der Waals surface area contributed by atoms with Gasteiger partial charge in [0.25, 0.3) is 17.6 Å². The minimum atomic E-state index is -0.864. The van der Waals surface area contributed by atoms with Crippen LogP contribution in [0.3, 0.4) is 0 Å². The van der Waals surface area contributed by atoms with Gasteiger partial charge in [-0.2, -0.15) is 4.79 Å². The second-order valence-corrected chi connectivity index (χ2v) is 5.00. The van der Waals surface area contributed by atoms with E-state index in [0.717, 1.165) is 6.21 Å². The number of nitrogens with zero attached hydrogens (tertiary/aromatic N) is 2. The molecule has 8 nitrogen and oxygen atoms in total. The van der Waals surface area contributed by atoms with Gasteiger partial charge in [-0.1, -0.05) is 32.4 Å². The Bertz CT molecular complexity index is 652. The highest BCUT2D eigenvalue weighted by Gasteiger charge is 2.28. The van der Waals surface area contributed by atoms with Crippen LogP contribution in [-0.2, 0) is 4.79 Å². The van der Waals surface area contributed by atoms with Crippen LogP contribution >= 0.6 is 0 Å². The van der Waals surface area contributed by atoms with Crippen LogP contribution in [0, 0.1) is 5.92 Å². The van der Waals surface area contributed by atoms with Crippen LogP contribution in [0.15, 0.2) is 24.3 Å². The van der Waals surface area contributed by atoms with Gasteiger partial charge in [0.1, 0.15) is 6.04 Å². The van der Waals surface area contributed by atoms with Crippen molar-refractivity contribution in [1.29, 1.82) is 0 Å². The fourth-order valence-electron chi connectivity index (χ4n) is 2.04. The van der Waals surface area contributed by atoms with E-state index in [1.54, 1.807) is 19.1 Å². The summed E-state index contributed by atoms with van der Waals surface area (Å²) in [5, 5.41) is 2.58. The molecule has 23 heavy (non-hydrogen) atoms. The van der Waals surface area contributed by atoms with Gasteiger partial charge in [0, 0.05) is 0 Å². The van der Waals surface area contributed by atoms with Gasteiger partial charge in [-0.05, 0) is 18.1 Å². The molecule has 2 amide bonds. The minimum Gasteiger partial charge on any atom is -0.361 e. The van der Waals surface area contributed by atoms with Crippen molar-refractivity contribution in [3.8, 4) is 0 Å². The smallest absolute Gasteiger partial charge is 0.325 e. The SMILES string of the molecule is CC[C@@H](C)[C@@H](NC(=O)c1ccccc1C(=O)NN)C(=O)C=[N+]=[N-]. The summed E-state index contributed by atoms with van der Waals surface area (Å²) in [4.78, 5) is 38.8. The highest BCUT2D eigenvalue weighted by Crippen LogP contribution is 2.12. The highest BCUT2D eigenvalue weighted by atomic mass is 16.2. The van der Waals surface area contributed by atoms with Gasteiger partial charge in [0.05, 0.1) is 11.1 Å². The number of carbonyl (C=O) groups excluding carboxylic acids is 3. The first-order chi connectivity index (χ1) is 11.0. The molecule has 0 saturated carbocycles. The second kappa shape index (κ2) is 8.57. The van der Waals surface area contributed by atoms with Gasteiger partial charge < -0.3 is 10.8 Å². The normalized spacial score (nSPS) is 12.5. The maximum absolute atomic E-state index is 12.4. The molecule has 0 aliphatic heterocycles. The standard InChI is InChI=1S/C15H19N5O3/c1-3-9(2)13(12(21)8-18-16)19-14(22)10-6-4-5-7-11(10)15(23)20-17/h4-9,13H,3,17H2,1-2H3,(H,19,22)(H,20,23)/t9-,13-/m1/s1. The number of hydrazine groups is 1. The molecule has 4 N–H and O–H groups in total. The number of amides is 2. The molecule has 0 aliphatic carbocycles. The molecule has 1 aromatic carbocycles. The van der Waals surface area contributed by atoms with Crippen molar-refractivity contribution in [2.75, 3.05) is 0 Å². The minimum absolute atomic E-state index is 0.0949.